The minimum atomic E-state index is 0.591. The van der Waals surface area contributed by atoms with Crippen molar-refractivity contribution in [3.05, 3.63) is 0 Å². The van der Waals surface area contributed by atoms with Crippen LogP contribution in [0.3, 0.4) is 0 Å². The molecule has 0 aromatic carbocycles. The summed E-state index contributed by atoms with van der Waals surface area (Å²) in [4.78, 5) is 2.38. The van der Waals surface area contributed by atoms with Gasteiger partial charge in [-0.1, -0.05) is 20.8 Å². The Labute approximate surface area is 107 Å². The number of hydrogen-bond donors (Lipinski definition) is 1. The first-order valence-corrected chi connectivity index (χ1v) is 7.13. The van der Waals surface area contributed by atoms with Crippen molar-refractivity contribution in [2.75, 3.05) is 39.9 Å². The summed E-state index contributed by atoms with van der Waals surface area (Å²) in [6.45, 7) is 11.8. The first kappa shape index (κ1) is 14.9. The Morgan fingerprint density at radius 3 is 2.59 bits per heavy atom. The van der Waals surface area contributed by atoms with Gasteiger partial charge in [0.05, 0.1) is 6.61 Å². The van der Waals surface area contributed by atoms with Gasteiger partial charge in [0.15, 0.2) is 0 Å². The summed E-state index contributed by atoms with van der Waals surface area (Å²) < 4.78 is 5.67. The fraction of sp³-hybridized carbons (Fsp3) is 1.00. The number of nitrogens with one attached hydrogen (secondary N) is 1. The van der Waals surface area contributed by atoms with E-state index in [4.69, 9.17) is 4.74 Å². The van der Waals surface area contributed by atoms with Crippen molar-refractivity contribution in [3.63, 3.8) is 0 Å². The van der Waals surface area contributed by atoms with Crippen LogP contribution in [-0.2, 0) is 4.74 Å². The Morgan fingerprint density at radius 1 is 1.35 bits per heavy atom. The zero-order chi connectivity index (χ0) is 12.7. The highest BCUT2D eigenvalue weighted by atomic mass is 16.5. The molecule has 3 nitrogen and oxygen atoms in total. The number of likely N-dealkylation sites (N-methyl/N-ethyl adjacent to an activating group) is 2. The third-order valence-electron chi connectivity index (χ3n) is 3.45. The highest BCUT2D eigenvalue weighted by molar-refractivity contribution is 4.74. The molecule has 1 fully saturated rings. The number of hydrogen-bond acceptors (Lipinski definition) is 3. The molecule has 1 aliphatic rings. The van der Waals surface area contributed by atoms with Crippen LogP contribution in [0.25, 0.3) is 0 Å². The van der Waals surface area contributed by atoms with Crippen molar-refractivity contribution >= 4 is 0 Å². The quantitative estimate of drug-likeness (QED) is 0.593. The van der Waals surface area contributed by atoms with Gasteiger partial charge in [0.2, 0.25) is 0 Å². The molecule has 17 heavy (non-hydrogen) atoms. The first-order chi connectivity index (χ1) is 8.13. The first-order valence-electron chi connectivity index (χ1n) is 7.13. The van der Waals surface area contributed by atoms with E-state index < -0.39 is 0 Å². The lowest BCUT2D eigenvalue weighted by Crippen LogP contribution is -2.43. The normalized spacial score (nSPS) is 18.0. The Hall–Kier alpha value is -0.120. The predicted octanol–water partition coefficient (Wildman–Crippen LogP) is 1.98. The van der Waals surface area contributed by atoms with Crippen molar-refractivity contribution in [1.29, 1.82) is 0 Å². The maximum Gasteiger partial charge on any atom is 0.0593 e. The molecule has 0 amide bonds. The van der Waals surface area contributed by atoms with Gasteiger partial charge in [0.25, 0.3) is 0 Å². The van der Waals surface area contributed by atoms with E-state index in [0.717, 1.165) is 38.8 Å². The Bertz CT molecular complexity index is 193. The molecule has 1 saturated carbocycles. The number of rotatable bonds is 10. The average Bonchev–Trinajstić information content (AvgIpc) is 3.07. The molecule has 0 spiro atoms. The van der Waals surface area contributed by atoms with E-state index in [0.29, 0.717) is 12.0 Å². The van der Waals surface area contributed by atoms with Gasteiger partial charge in [-0.2, -0.15) is 0 Å². The van der Waals surface area contributed by atoms with Crippen LogP contribution in [0.5, 0.6) is 0 Å². The number of ether oxygens (including phenoxy) is 1. The Kier molecular flexibility index (Phi) is 7.09. The van der Waals surface area contributed by atoms with Crippen molar-refractivity contribution in [3.8, 4) is 0 Å². The second-order valence-electron chi connectivity index (χ2n) is 5.69. The van der Waals surface area contributed by atoms with Gasteiger partial charge < -0.3 is 15.0 Å². The molecule has 1 aliphatic carbocycles. The van der Waals surface area contributed by atoms with Crippen LogP contribution in [0.1, 0.15) is 33.6 Å². The molecule has 1 atom stereocenters. The molecular formula is C14H30N2O. The molecule has 0 aromatic heterocycles. The standard InChI is InChI=1S/C14H30N2O/c1-5-15-14(12(2)3)10-16(4)8-9-17-11-13-6-7-13/h12-15H,5-11H2,1-4H3. The third kappa shape index (κ3) is 7.02. The molecule has 3 heteroatoms. The Balaban J connectivity index is 2.05. The fourth-order valence-electron chi connectivity index (χ4n) is 1.96. The molecule has 0 heterocycles. The van der Waals surface area contributed by atoms with E-state index in [9.17, 15) is 0 Å². The van der Waals surface area contributed by atoms with Gasteiger partial charge in [-0.05, 0) is 38.3 Å². The molecule has 1 N–H and O–H groups in total. The highest BCUT2D eigenvalue weighted by Crippen LogP contribution is 2.28. The molecule has 102 valence electrons. The van der Waals surface area contributed by atoms with E-state index >= 15 is 0 Å². The smallest absolute Gasteiger partial charge is 0.0593 e. The van der Waals surface area contributed by atoms with Gasteiger partial charge >= 0.3 is 0 Å². The third-order valence-corrected chi connectivity index (χ3v) is 3.45. The maximum atomic E-state index is 5.67. The van der Waals surface area contributed by atoms with Crippen LogP contribution in [0.4, 0.5) is 0 Å². The zero-order valence-corrected chi connectivity index (χ0v) is 12.0. The molecule has 0 aromatic rings. The maximum absolute atomic E-state index is 5.67. The van der Waals surface area contributed by atoms with Gasteiger partial charge in [-0.25, -0.2) is 0 Å². The van der Waals surface area contributed by atoms with Crippen LogP contribution in [0, 0.1) is 11.8 Å². The summed E-state index contributed by atoms with van der Waals surface area (Å²) in [5, 5.41) is 3.55. The van der Waals surface area contributed by atoms with Crippen LogP contribution in [-0.4, -0.2) is 50.8 Å². The topological polar surface area (TPSA) is 24.5 Å². The zero-order valence-electron chi connectivity index (χ0n) is 12.0. The van der Waals surface area contributed by atoms with Gasteiger partial charge in [-0.3, -0.25) is 0 Å². The van der Waals surface area contributed by atoms with E-state index in [1.54, 1.807) is 0 Å². The van der Waals surface area contributed by atoms with E-state index in [1.165, 1.54) is 12.8 Å². The van der Waals surface area contributed by atoms with Crippen LogP contribution in [0.15, 0.2) is 0 Å². The molecule has 1 unspecified atom stereocenters. The lowest BCUT2D eigenvalue weighted by molar-refractivity contribution is 0.0989. The van der Waals surface area contributed by atoms with Crippen molar-refractivity contribution < 1.29 is 4.74 Å². The van der Waals surface area contributed by atoms with Crippen LogP contribution in [0.2, 0.25) is 0 Å². The average molecular weight is 242 g/mol. The van der Waals surface area contributed by atoms with E-state index in [2.05, 4.69) is 38.0 Å². The molecule has 0 radical (unpaired) electrons. The van der Waals surface area contributed by atoms with E-state index in [1.807, 2.05) is 0 Å². The number of nitrogens with zero attached hydrogens (tertiary/aromatic N) is 1. The summed E-state index contributed by atoms with van der Waals surface area (Å²) in [5.41, 5.74) is 0. The fourth-order valence-corrected chi connectivity index (χ4v) is 1.96. The van der Waals surface area contributed by atoms with Crippen LogP contribution < -0.4 is 5.32 Å². The second-order valence-corrected chi connectivity index (χ2v) is 5.69. The predicted molar refractivity (Wildman–Crippen MR) is 73.3 cm³/mol. The minimum Gasteiger partial charge on any atom is -0.380 e. The largest absolute Gasteiger partial charge is 0.380 e. The van der Waals surface area contributed by atoms with Gasteiger partial charge in [-0.15, -0.1) is 0 Å². The summed E-state index contributed by atoms with van der Waals surface area (Å²) in [5.74, 6) is 1.57. The van der Waals surface area contributed by atoms with Crippen molar-refractivity contribution in [1.82, 2.24) is 10.2 Å². The molecule has 0 saturated heterocycles. The molecule has 0 aliphatic heterocycles. The summed E-state index contributed by atoms with van der Waals surface area (Å²) in [6.07, 6.45) is 2.76. The monoisotopic (exact) mass is 242 g/mol. The van der Waals surface area contributed by atoms with Crippen molar-refractivity contribution in [2.45, 2.75) is 39.7 Å². The molecule has 1 rings (SSSR count). The highest BCUT2D eigenvalue weighted by Gasteiger charge is 2.21. The summed E-state index contributed by atoms with van der Waals surface area (Å²) in [6, 6.07) is 0.591. The molecule has 0 bridgehead atoms. The van der Waals surface area contributed by atoms with Crippen LogP contribution >= 0.6 is 0 Å². The van der Waals surface area contributed by atoms with Gasteiger partial charge in [0.1, 0.15) is 0 Å². The molecular weight excluding hydrogens is 212 g/mol. The Morgan fingerprint density at radius 2 is 2.06 bits per heavy atom. The van der Waals surface area contributed by atoms with E-state index in [-0.39, 0.29) is 0 Å². The SMILES string of the molecule is CCNC(CN(C)CCOCC1CC1)C(C)C. The lowest BCUT2D eigenvalue weighted by atomic mass is 10.0. The lowest BCUT2D eigenvalue weighted by Gasteiger charge is -2.27. The second kappa shape index (κ2) is 8.06. The summed E-state index contributed by atoms with van der Waals surface area (Å²) in [7, 11) is 2.19. The van der Waals surface area contributed by atoms with Crippen molar-refractivity contribution in [2.24, 2.45) is 11.8 Å². The van der Waals surface area contributed by atoms with Gasteiger partial charge in [0, 0.05) is 25.7 Å². The minimum absolute atomic E-state index is 0.591. The summed E-state index contributed by atoms with van der Waals surface area (Å²) >= 11 is 0.